The Morgan fingerprint density at radius 3 is 1.91 bits per heavy atom. The molecule has 0 bridgehead atoms. The van der Waals surface area contributed by atoms with Crippen molar-refractivity contribution in [2.75, 3.05) is 0 Å². The molecule has 0 N–H and O–H groups in total. The first kappa shape index (κ1) is 8.67. The summed E-state index contributed by atoms with van der Waals surface area (Å²) in [6, 6.07) is 4.84. The van der Waals surface area contributed by atoms with Gasteiger partial charge in [0.1, 0.15) is 0 Å². The van der Waals surface area contributed by atoms with E-state index >= 15 is 0 Å². The fourth-order valence-corrected chi connectivity index (χ4v) is 1.22. The molecular weight excluding hydrogens is 204 g/mol. The van der Waals surface area contributed by atoms with Crippen LogP contribution >= 0.6 is 34.8 Å². The maximum atomic E-state index is 8.47. The SMILES string of the molecule is N#Cc1cc(Cl)c(Cl)c(Cl)c1. The van der Waals surface area contributed by atoms with Gasteiger partial charge in [-0.2, -0.15) is 5.26 Å². The summed E-state index contributed by atoms with van der Waals surface area (Å²) >= 11 is 16.9. The van der Waals surface area contributed by atoms with Gasteiger partial charge in [-0.15, -0.1) is 0 Å². The minimum absolute atomic E-state index is 0.285. The van der Waals surface area contributed by atoms with Gasteiger partial charge in [-0.1, -0.05) is 34.8 Å². The van der Waals surface area contributed by atoms with Crippen LogP contribution in [0.4, 0.5) is 0 Å². The Hall–Kier alpha value is -0.420. The second-order valence-corrected chi connectivity index (χ2v) is 3.06. The minimum Gasteiger partial charge on any atom is -0.192 e. The second-order valence-electron chi connectivity index (χ2n) is 1.87. The Kier molecular flexibility index (Phi) is 2.62. The molecule has 0 atom stereocenters. The number of hydrogen-bond donors (Lipinski definition) is 0. The van der Waals surface area contributed by atoms with E-state index in [-0.39, 0.29) is 5.02 Å². The summed E-state index contributed by atoms with van der Waals surface area (Å²) in [6.45, 7) is 0. The van der Waals surface area contributed by atoms with Crippen molar-refractivity contribution in [3.8, 4) is 6.07 Å². The van der Waals surface area contributed by atoms with Gasteiger partial charge >= 0.3 is 0 Å². The first-order chi connectivity index (χ1) is 5.15. The average Bonchev–Trinajstić information content (AvgIpc) is 1.99. The third kappa shape index (κ3) is 1.78. The number of rotatable bonds is 0. The molecule has 4 heteroatoms. The normalized spacial score (nSPS) is 9.27. The van der Waals surface area contributed by atoms with Gasteiger partial charge in [0.25, 0.3) is 0 Å². The Balaban J connectivity index is 3.35. The van der Waals surface area contributed by atoms with Crippen LogP contribution in [0.5, 0.6) is 0 Å². The molecule has 0 amide bonds. The summed E-state index contributed by atoms with van der Waals surface area (Å²) in [5, 5.41) is 9.35. The highest BCUT2D eigenvalue weighted by Gasteiger charge is 2.04. The summed E-state index contributed by atoms with van der Waals surface area (Å²) in [5.74, 6) is 0. The zero-order valence-corrected chi connectivity index (χ0v) is 7.50. The van der Waals surface area contributed by atoms with Crippen molar-refractivity contribution in [3.63, 3.8) is 0 Å². The standard InChI is InChI=1S/C7H2Cl3N/c8-5-1-4(3-11)2-6(9)7(5)10/h1-2H. The monoisotopic (exact) mass is 205 g/mol. The summed E-state index contributed by atoms with van der Waals surface area (Å²) in [5.41, 5.74) is 0.407. The van der Waals surface area contributed by atoms with Crippen LogP contribution in [0.2, 0.25) is 15.1 Å². The van der Waals surface area contributed by atoms with Gasteiger partial charge in [0.2, 0.25) is 0 Å². The van der Waals surface area contributed by atoms with Crippen molar-refractivity contribution in [1.29, 1.82) is 5.26 Å². The van der Waals surface area contributed by atoms with Crippen LogP contribution < -0.4 is 0 Å². The lowest BCUT2D eigenvalue weighted by Gasteiger charge is -1.97. The summed E-state index contributed by atoms with van der Waals surface area (Å²) in [4.78, 5) is 0. The molecule has 0 aliphatic carbocycles. The van der Waals surface area contributed by atoms with Crippen LogP contribution in [0.1, 0.15) is 5.56 Å². The lowest BCUT2D eigenvalue weighted by atomic mass is 10.2. The molecule has 0 fully saturated rings. The van der Waals surface area contributed by atoms with E-state index in [9.17, 15) is 0 Å². The molecule has 1 aromatic rings. The fourth-order valence-electron chi connectivity index (χ4n) is 0.620. The van der Waals surface area contributed by atoms with Gasteiger partial charge in [0.15, 0.2) is 0 Å². The maximum absolute atomic E-state index is 8.47. The van der Waals surface area contributed by atoms with E-state index in [2.05, 4.69) is 0 Å². The molecular formula is C7H2Cl3N. The van der Waals surface area contributed by atoms with E-state index in [0.29, 0.717) is 15.6 Å². The highest BCUT2D eigenvalue weighted by atomic mass is 35.5. The van der Waals surface area contributed by atoms with Gasteiger partial charge in [0, 0.05) is 0 Å². The van der Waals surface area contributed by atoms with Crippen molar-refractivity contribution in [2.45, 2.75) is 0 Å². The van der Waals surface area contributed by atoms with Crippen molar-refractivity contribution < 1.29 is 0 Å². The summed E-state index contributed by atoms with van der Waals surface area (Å²) in [7, 11) is 0. The van der Waals surface area contributed by atoms with Gasteiger partial charge in [0.05, 0.1) is 26.7 Å². The quantitative estimate of drug-likeness (QED) is 0.596. The molecule has 1 rings (SSSR count). The third-order valence-electron chi connectivity index (χ3n) is 1.11. The molecule has 0 aliphatic heterocycles. The number of benzene rings is 1. The average molecular weight is 206 g/mol. The van der Waals surface area contributed by atoms with Crippen LogP contribution in [-0.4, -0.2) is 0 Å². The van der Waals surface area contributed by atoms with Crippen LogP contribution in [0.25, 0.3) is 0 Å². The van der Waals surface area contributed by atoms with Crippen LogP contribution in [0.3, 0.4) is 0 Å². The van der Waals surface area contributed by atoms with Gasteiger partial charge in [-0.05, 0) is 12.1 Å². The van der Waals surface area contributed by atoms with E-state index in [4.69, 9.17) is 40.1 Å². The topological polar surface area (TPSA) is 23.8 Å². The maximum Gasteiger partial charge on any atom is 0.0992 e. The molecule has 0 aromatic heterocycles. The highest BCUT2D eigenvalue weighted by Crippen LogP contribution is 2.30. The van der Waals surface area contributed by atoms with Crippen molar-refractivity contribution in [2.24, 2.45) is 0 Å². The molecule has 1 nitrogen and oxygen atoms in total. The molecule has 0 spiro atoms. The molecule has 0 heterocycles. The molecule has 0 aliphatic rings. The first-order valence-corrected chi connectivity index (χ1v) is 3.83. The Bertz CT molecular complexity index is 304. The Morgan fingerprint density at radius 1 is 1.09 bits per heavy atom. The van der Waals surface area contributed by atoms with Crippen LogP contribution in [0, 0.1) is 11.3 Å². The van der Waals surface area contributed by atoms with E-state index in [1.165, 1.54) is 12.1 Å². The molecule has 11 heavy (non-hydrogen) atoms. The molecule has 1 aromatic carbocycles. The highest BCUT2D eigenvalue weighted by molar-refractivity contribution is 6.48. The van der Waals surface area contributed by atoms with Crippen molar-refractivity contribution in [1.82, 2.24) is 0 Å². The Labute approximate surface area is 79.1 Å². The Morgan fingerprint density at radius 2 is 1.55 bits per heavy atom. The van der Waals surface area contributed by atoms with E-state index in [0.717, 1.165) is 0 Å². The predicted octanol–water partition coefficient (Wildman–Crippen LogP) is 3.52. The van der Waals surface area contributed by atoms with Gasteiger partial charge in [-0.3, -0.25) is 0 Å². The molecule has 0 saturated carbocycles. The fraction of sp³-hybridized carbons (Fsp3) is 0. The number of hydrogen-bond acceptors (Lipinski definition) is 1. The lowest BCUT2D eigenvalue weighted by Crippen LogP contribution is -1.76. The lowest BCUT2D eigenvalue weighted by molar-refractivity contribution is 1.48. The first-order valence-electron chi connectivity index (χ1n) is 2.70. The second kappa shape index (κ2) is 3.32. The van der Waals surface area contributed by atoms with E-state index in [1.54, 1.807) is 0 Å². The molecule has 56 valence electrons. The van der Waals surface area contributed by atoms with Crippen LogP contribution in [-0.2, 0) is 0 Å². The van der Waals surface area contributed by atoms with E-state index in [1.807, 2.05) is 6.07 Å². The smallest absolute Gasteiger partial charge is 0.0992 e. The zero-order chi connectivity index (χ0) is 8.43. The molecule has 0 unspecified atom stereocenters. The van der Waals surface area contributed by atoms with Gasteiger partial charge in [-0.25, -0.2) is 0 Å². The number of nitrogens with zero attached hydrogens (tertiary/aromatic N) is 1. The van der Waals surface area contributed by atoms with Gasteiger partial charge < -0.3 is 0 Å². The van der Waals surface area contributed by atoms with Crippen LogP contribution in [0.15, 0.2) is 12.1 Å². The third-order valence-corrected chi connectivity index (χ3v) is 2.31. The minimum atomic E-state index is 0.285. The zero-order valence-electron chi connectivity index (χ0n) is 5.24. The number of nitriles is 1. The predicted molar refractivity (Wildman–Crippen MR) is 46.2 cm³/mol. The number of halogens is 3. The molecule has 0 saturated heterocycles. The summed E-state index contributed by atoms with van der Waals surface area (Å²) < 4.78 is 0. The largest absolute Gasteiger partial charge is 0.192 e. The summed E-state index contributed by atoms with van der Waals surface area (Å²) in [6.07, 6.45) is 0. The van der Waals surface area contributed by atoms with Crippen molar-refractivity contribution in [3.05, 3.63) is 32.8 Å². The molecule has 0 radical (unpaired) electrons. The van der Waals surface area contributed by atoms with Crippen molar-refractivity contribution >= 4 is 34.8 Å². The van der Waals surface area contributed by atoms with E-state index < -0.39 is 0 Å².